The van der Waals surface area contributed by atoms with E-state index in [2.05, 4.69) is 5.16 Å². The van der Waals surface area contributed by atoms with E-state index in [0.717, 1.165) is 12.8 Å². The molecule has 0 aromatic carbocycles. The van der Waals surface area contributed by atoms with Gasteiger partial charge in [0.25, 0.3) is 0 Å². The lowest BCUT2D eigenvalue weighted by molar-refractivity contribution is -0.160. The Kier molecular flexibility index (Phi) is 5.86. The molecule has 1 rings (SSSR count). The Hall–Kier alpha value is -1.02. The number of hydrogen-bond acceptors (Lipinski definition) is 4. The molecule has 1 heterocycles. The summed E-state index contributed by atoms with van der Waals surface area (Å²) >= 11 is 0. The Bertz CT molecular complexity index is 304. The zero-order chi connectivity index (χ0) is 14.5. The van der Waals surface area contributed by atoms with Gasteiger partial charge in [0.15, 0.2) is 5.84 Å². The van der Waals surface area contributed by atoms with Gasteiger partial charge in [-0.15, -0.1) is 0 Å². The molecule has 0 aromatic rings. The molecule has 0 spiro atoms. The highest BCUT2D eigenvalue weighted by atomic mass is 19.4. The van der Waals surface area contributed by atoms with E-state index in [1.54, 1.807) is 11.8 Å². The summed E-state index contributed by atoms with van der Waals surface area (Å²) in [4.78, 5) is 1.62. The van der Waals surface area contributed by atoms with Crippen molar-refractivity contribution in [2.75, 3.05) is 26.2 Å². The summed E-state index contributed by atoms with van der Waals surface area (Å²) in [6.45, 7) is 2.99. The molecule has 8 heteroatoms. The van der Waals surface area contributed by atoms with Crippen LogP contribution in [0.5, 0.6) is 0 Å². The van der Waals surface area contributed by atoms with Gasteiger partial charge in [0.05, 0.1) is 6.10 Å². The average molecular weight is 283 g/mol. The first-order chi connectivity index (χ1) is 8.88. The summed E-state index contributed by atoms with van der Waals surface area (Å²) in [6, 6.07) is 0. The zero-order valence-corrected chi connectivity index (χ0v) is 10.9. The second kappa shape index (κ2) is 6.95. The van der Waals surface area contributed by atoms with E-state index in [9.17, 15) is 13.2 Å². The van der Waals surface area contributed by atoms with Crippen molar-refractivity contribution in [1.82, 2.24) is 4.90 Å². The SMILES string of the molecule is CCN(CC1CCCO1)CC(C(N)=NO)C(F)(F)F. The van der Waals surface area contributed by atoms with E-state index in [4.69, 9.17) is 15.7 Å². The molecule has 1 fully saturated rings. The highest BCUT2D eigenvalue weighted by molar-refractivity contribution is 5.83. The highest BCUT2D eigenvalue weighted by Gasteiger charge is 2.43. The fourth-order valence-corrected chi connectivity index (χ4v) is 2.10. The Morgan fingerprint density at radius 3 is 2.68 bits per heavy atom. The summed E-state index contributed by atoms with van der Waals surface area (Å²) in [6.07, 6.45) is -2.76. The van der Waals surface area contributed by atoms with Crippen molar-refractivity contribution in [2.45, 2.75) is 32.0 Å². The van der Waals surface area contributed by atoms with Crippen LogP contribution in [0.2, 0.25) is 0 Å². The number of hydrogen-bond donors (Lipinski definition) is 2. The van der Waals surface area contributed by atoms with E-state index in [-0.39, 0.29) is 12.6 Å². The lowest BCUT2D eigenvalue weighted by Crippen LogP contribution is -2.46. The minimum absolute atomic E-state index is 0.0267. The van der Waals surface area contributed by atoms with Crippen molar-refractivity contribution in [2.24, 2.45) is 16.8 Å². The zero-order valence-electron chi connectivity index (χ0n) is 10.9. The summed E-state index contributed by atoms with van der Waals surface area (Å²) in [5.41, 5.74) is 5.14. The van der Waals surface area contributed by atoms with Gasteiger partial charge in [0.2, 0.25) is 0 Å². The lowest BCUT2D eigenvalue weighted by Gasteiger charge is -2.28. The second-order valence-corrected chi connectivity index (χ2v) is 4.61. The Labute approximate surface area is 110 Å². The van der Waals surface area contributed by atoms with Gasteiger partial charge < -0.3 is 15.7 Å². The summed E-state index contributed by atoms with van der Waals surface area (Å²) in [5.74, 6) is -2.77. The number of halogens is 3. The molecule has 0 aromatic heterocycles. The monoisotopic (exact) mass is 283 g/mol. The molecule has 0 amide bonds. The lowest BCUT2D eigenvalue weighted by atomic mass is 10.1. The van der Waals surface area contributed by atoms with Crippen molar-refractivity contribution in [3.63, 3.8) is 0 Å². The Morgan fingerprint density at radius 2 is 2.26 bits per heavy atom. The molecule has 2 atom stereocenters. The van der Waals surface area contributed by atoms with Crippen LogP contribution in [0.3, 0.4) is 0 Å². The van der Waals surface area contributed by atoms with Crippen molar-refractivity contribution in [3.8, 4) is 0 Å². The van der Waals surface area contributed by atoms with E-state index < -0.39 is 17.9 Å². The third-order valence-electron chi connectivity index (χ3n) is 3.24. The number of ether oxygens (including phenoxy) is 1. The van der Waals surface area contributed by atoms with Crippen LogP contribution in [-0.4, -0.2) is 54.5 Å². The molecule has 1 saturated heterocycles. The molecule has 3 N–H and O–H groups in total. The van der Waals surface area contributed by atoms with Crippen LogP contribution >= 0.6 is 0 Å². The first-order valence-corrected chi connectivity index (χ1v) is 6.26. The number of amidine groups is 1. The van der Waals surface area contributed by atoms with Crippen molar-refractivity contribution in [3.05, 3.63) is 0 Å². The topological polar surface area (TPSA) is 71.1 Å². The van der Waals surface area contributed by atoms with E-state index >= 15 is 0 Å². The van der Waals surface area contributed by atoms with Crippen LogP contribution in [0.1, 0.15) is 19.8 Å². The molecule has 1 aliphatic rings. The number of alkyl halides is 3. The largest absolute Gasteiger partial charge is 0.409 e. The third kappa shape index (κ3) is 4.87. The molecule has 0 aliphatic carbocycles. The van der Waals surface area contributed by atoms with Crippen molar-refractivity contribution in [1.29, 1.82) is 0 Å². The molecule has 112 valence electrons. The van der Waals surface area contributed by atoms with Gasteiger partial charge in [-0.05, 0) is 19.4 Å². The molecule has 19 heavy (non-hydrogen) atoms. The van der Waals surface area contributed by atoms with Crippen LogP contribution in [0.25, 0.3) is 0 Å². The van der Waals surface area contributed by atoms with Crippen LogP contribution < -0.4 is 5.73 Å². The van der Waals surface area contributed by atoms with Crippen molar-refractivity contribution >= 4 is 5.84 Å². The van der Waals surface area contributed by atoms with Gasteiger partial charge in [0.1, 0.15) is 5.92 Å². The first kappa shape index (κ1) is 16.0. The number of nitrogens with two attached hydrogens (primary N) is 1. The van der Waals surface area contributed by atoms with E-state index in [1.165, 1.54) is 0 Å². The smallest absolute Gasteiger partial charge is 0.400 e. The quantitative estimate of drug-likeness (QED) is 0.335. The molecule has 0 bridgehead atoms. The van der Waals surface area contributed by atoms with E-state index in [1.807, 2.05) is 0 Å². The third-order valence-corrected chi connectivity index (χ3v) is 3.24. The molecular formula is C11H20F3N3O2. The summed E-state index contributed by atoms with van der Waals surface area (Å²) in [5, 5.41) is 10.9. The van der Waals surface area contributed by atoms with Gasteiger partial charge in [0, 0.05) is 19.7 Å². The Morgan fingerprint density at radius 1 is 1.58 bits per heavy atom. The molecule has 5 nitrogen and oxygen atoms in total. The van der Waals surface area contributed by atoms with Crippen molar-refractivity contribution < 1.29 is 23.1 Å². The molecule has 0 radical (unpaired) electrons. The highest BCUT2D eigenvalue weighted by Crippen LogP contribution is 2.27. The van der Waals surface area contributed by atoms with Crippen LogP contribution in [0.4, 0.5) is 13.2 Å². The summed E-state index contributed by atoms with van der Waals surface area (Å²) in [7, 11) is 0. The molecule has 1 aliphatic heterocycles. The van der Waals surface area contributed by atoms with E-state index in [0.29, 0.717) is 19.7 Å². The predicted octanol–water partition coefficient (Wildman–Crippen LogP) is 1.41. The number of likely N-dealkylation sites (N-methyl/N-ethyl adjacent to an activating group) is 1. The number of nitrogens with zero attached hydrogens (tertiary/aromatic N) is 2. The minimum atomic E-state index is -4.53. The normalized spacial score (nSPS) is 23.0. The van der Waals surface area contributed by atoms with Gasteiger partial charge in [-0.3, -0.25) is 4.90 Å². The first-order valence-electron chi connectivity index (χ1n) is 6.26. The van der Waals surface area contributed by atoms with Crippen LogP contribution in [0.15, 0.2) is 5.16 Å². The molecule has 2 unspecified atom stereocenters. The fraction of sp³-hybridized carbons (Fsp3) is 0.909. The van der Waals surface area contributed by atoms with Gasteiger partial charge in [-0.25, -0.2) is 0 Å². The van der Waals surface area contributed by atoms with Gasteiger partial charge in [-0.2, -0.15) is 13.2 Å². The number of oxime groups is 1. The average Bonchev–Trinajstić information content (AvgIpc) is 2.84. The number of rotatable bonds is 6. The van der Waals surface area contributed by atoms with Crippen LogP contribution in [-0.2, 0) is 4.74 Å². The fourth-order valence-electron chi connectivity index (χ4n) is 2.10. The second-order valence-electron chi connectivity index (χ2n) is 4.61. The van der Waals surface area contributed by atoms with Gasteiger partial charge >= 0.3 is 6.18 Å². The molecule has 0 saturated carbocycles. The molecular weight excluding hydrogens is 263 g/mol. The predicted molar refractivity (Wildman–Crippen MR) is 64.0 cm³/mol. The summed E-state index contributed by atoms with van der Waals surface area (Å²) < 4.78 is 43.9. The van der Waals surface area contributed by atoms with Gasteiger partial charge in [-0.1, -0.05) is 12.1 Å². The van der Waals surface area contributed by atoms with Crippen LogP contribution in [0, 0.1) is 5.92 Å². The maximum absolute atomic E-state index is 12.8. The maximum atomic E-state index is 12.8. The maximum Gasteiger partial charge on any atom is 0.400 e. The Balaban J connectivity index is 2.64. The standard InChI is InChI=1S/C11H20F3N3O2/c1-2-17(6-8-4-3-5-19-8)7-9(10(15)16-18)11(12,13)14/h8-9,18H,2-7H2,1H3,(H2,15,16). The minimum Gasteiger partial charge on any atom is -0.409 e.